The molecular formula is C29H26F5N7O. The van der Waals surface area contributed by atoms with Crippen molar-refractivity contribution < 1.29 is 26.7 Å². The molecule has 218 valence electrons. The molecule has 2 aliphatic heterocycles. The fourth-order valence-corrected chi connectivity index (χ4v) is 6.73. The number of nitrogens with one attached hydrogen (secondary N) is 1. The fourth-order valence-electron chi connectivity index (χ4n) is 6.73. The molecule has 42 heavy (non-hydrogen) atoms. The molecule has 7 rings (SSSR count). The third-order valence-electron chi connectivity index (χ3n) is 8.91. The first-order valence-electron chi connectivity index (χ1n) is 13.5. The number of nitrogens with zero attached hydrogens (tertiary/aromatic N) is 6. The molecule has 0 bridgehead atoms. The molecule has 2 atom stereocenters. The molecule has 8 nitrogen and oxygen atoms in total. The molecule has 0 saturated carbocycles. The summed E-state index contributed by atoms with van der Waals surface area (Å²) >= 11 is 0. The van der Waals surface area contributed by atoms with Crippen LogP contribution < -0.4 is 4.90 Å². The van der Waals surface area contributed by atoms with E-state index in [1.165, 1.54) is 14.0 Å². The van der Waals surface area contributed by atoms with Crippen LogP contribution in [0.3, 0.4) is 0 Å². The summed E-state index contributed by atoms with van der Waals surface area (Å²) in [7, 11) is 1.36. The maximum atomic E-state index is 17.0. The summed E-state index contributed by atoms with van der Waals surface area (Å²) in [5.74, 6) is -0.448. The highest BCUT2D eigenvalue weighted by Crippen LogP contribution is 2.60. The molecule has 5 heterocycles. The van der Waals surface area contributed by atoms with Crippen molar-refractivity contribution in [2.75, 3.05) is 18.6 Å². The number of aryl methyl sites for hydroxylation is 1. The maximum Gasteiger partial charge on any atom is 0.419 e. The standard InChI is InChI=1S/C29H26F5N7O/c1-5-14-7-6-8-16-19-21(30)28(3,42-4)23-22(37-25(31)38-23)27(19,2)24-17-13-40(10-9-18(17)39-41(24)20(14)16)26-35-11-15(12-36-26)29(32,33)34/h6-8,11-12H,5,9-10,13H2,1-4H3,(H,37,38). The van der Waals surface area contributed by atoms with E-state index < -0.39 is 34.7 Å². The topological polar surface area (TPSA) is 84.8 Å². The zero-order valence-electron chi connectivity index (χ0n) is 23.2. The van der Waals surface area contributed by atoms with Crippen LogP contribution in [-0.2, 0) is 41.3 Å². The highest BCUT2D eigenvalue weighted by atomic mass is 19.4. The van der Waals surface area contributed by atoms with Crippen LogP contribution in [0.25, 0.3) is 11.3 Å². The number of halogens is 5. The molecule has 0 fully saturated rings. The van der Waals surface area contributed by atoms with Crippen LogP contribution in [-0.4, -0.2) is 43.4 Å². The van der Waals surface area contributed by atoms with Gasteiger partial charge in [0.2, 0.25) is 5.95 Å². The van der Waals surface area contributed by atoms with Gasteiger partial charge in [-0.05, 0) is 25.8 Å². The number of hydrogen-bond donors (Lipinski definition) is 1. The van der Waals surface area contributed by atoms with Gasteiger partial charge in [0.1, 0.15) is 11.5 Å². The fraction of sp³-hybridized carbons (Fsp3) is 0.379. The summed E-state index contributed by atoms with van der Waals surface area (Å²) in [6, 6.07) is 5.66. The third kappa shape index (κ3) is 3.36. The predicted octanol–water partition coefficient (Wildman–Crippen LogP) is 5.54. The number of benzene rings is 1. The molecule has 0 saturated heterocycles. The van der Waals surface area contributed by atoms with E-state index in [0.29, 0.717) is 41.9 Å². The quantitative estimate of drug-likeness (QED) is 0.319. The number of methoxy groups -OCH3 is 1. The Balaban J connectivity index is 1.49. The summed E-state index contributed by atoms with van der Waals surface area (Å²) in [5.41, 5.74) is 1.34. The van der Waals surface area contributed by atoms with Crippen LogP contribution in [0.2, 0.25) is 0 Å². The Labute approximate surface area is 237 Å². The number of ether oxygens (including phenoxy) is 1. The Morgan fingerprint density at radius 2 is 1.86 bits per heavy atom. The van der Waals surface area contributed by atoms with Crippen molar-refractivity contribution in [3.8, 4) is 5.69 Å². The van der Waals surface area contributed by atoms with Gasteiger partial charge in [-0.3, -0.25) is 0 Å². The maximum absolute atomic E-state index is 17.0. The molecule has 4 aromatic rings. The van der Waals surface area contributed by atoms with Crippen molar-refractivity contribution in [2.24, 2.45) is 0 Å². The Kier molecular flexibility index (Phi) is 5.54. The number of anilines is 1. The van der Waals surface area contributed by atoms with Gasteiger partial charge in [0.25, 0.3) is 6.08 Å². The van der Waals surface area contributed by atoms with E-state index in [9.17, 15) is 17.6 Å². The molecule has 0 spiro atoms. The van der Waals surface area contributed by atoms with Gasteiger partial charge in [-0.1, -0.05) is 25.1 Å². The van der Waals surface area contributed by atoms with E-state index in [4.69, 9.17) is 9.84 Å². The summed E-state index contributed by atoms with van der Waals surface area (Å²) in [5, 5.41) is 5.01. The number of hydrogen-bond acceptors (Lipinski definition) is 6. The van der Waals surface area contributed by atoms with Gasteiger partial charge in [-0.2, -0.15) is 22.7 Å². The van der Waals surface area contributed by atoms with Crippen LogP contribution >= 0.6 is 0 Å². The largest absolute Gasteiger partial charge is 0.419 e. The molecule has 0 amide bonds. The van der Waals surface area contributed by atoms with Crippen molar-refractivity contribution in [1.82, 2.24) is 29.7 Å². The van der Waals surface area contributed by atoms with Crippen LogP contribution in [0.1, 0.15) is 65.8 Å². The molecule has 13 heteroatoms. The van der Waals surface area contributed by atoms with Crippen molar-refractivity contribution in [3.05, 3.63) is 87.5 Å². The van der Waals surface area contributed by atoms with Crippen LogP contribution in [0, 0.1) is 6.08 Å². The Bertz CT molecular complexity index is 1790. The van der Waals surface area contributed by atoms with Crippen molar-refractivity contribution in [3.63, 3.8) is 0 Å². The number of imidazole rings is 1. The van der Waals surface area contributed by atoms with Crippen LogP contribution in [0.5, 0.6) is 0 Å². The minimum atomic E-state index is -4.56. The van der Waals surface area contributed by atoms with Crippen LogP contribution in [0.15, 0.2) is 36.4 Å². The van der Waals surface area contributed by atoms with Gasteiger partial charge >= 0.3 is 6.18 Å². The minimum Gasteiger partial charge on any atom is -0.365 e. The second kappa shape index (κ2) is 8.69. The van der Waals surface area contributed by atoms with Crippen molar-refractivity contribution in [2.45, 2.75) is 57.3 Å². The van der Waals surface area contributed by atoms with E-state index >= 15 is 4.39 Å². The van der Waals surface area contributed by atoms with Gasteiger partial charge in [0.05, 0.1) is 33.7 Å². The Hall–Kier alpha value is -4.13. The SMILES string of the molecule is CCc1cccc2c1-n1nc3c(c1C1(C)C2=C(F)C(C)(OC)c2nc(F)[nH]c21)CN(c1ncc(C(F)(F)F)cn1)CC3. The first-order valence-corrected chi connectivity index (χ1v) is 13.5. The molecule has 1 N–H and O–H groups in total. The second-order valence-electron chi connectivity index (χ2n) is 11.1. The summed E-state index contributed by atoms with van der Waals surface area (Å²) in [6.45, 7) is 5.97. The molecular weight excluding hydrogens is 557 g/mol. The van der Waals surface area contributed by atoms with E-state index in [1.807, 2.05) is 36.7 Å². The predicted molar refractivity (Wildman–Crippen MR) is 142 cm³/mol. The number of aromatic amines is 1. The molecule has 2 unspecified atom stereocenters. The third-order valence-corrected chi connectivity index (χ3v) is 8.91. The molecule has 1 aromatic carbocycles. The summed E-state index contributed by atoms with van der Waals surface area (Å²) in [6.07, 6.45) is -2.81. The van der Waals surface area contributed by atoms with Gasteiger partial charge in [-0.15, -0.1) is 0 Å². The van der Waals surface area contributed by atoms with Gasteiger partial charge < -0.3 is 14.6 Å². The Morgan fingerprint density at radius 3 is 2.52 bits per heavy atom. The van der Waals surface area contributed by atoms with Gasteiger partial charge in [-0.25, -0.2) is 24.0 Å². The number of allylic oxidation sites excluding steroid dienone is 1. The highest BCUT2D eigenvalue weighted by Gasteiger charge is 2.58. The lowest BCUT2D eigenvalue weighted by Gasteiger charge is -2.45. The lowest BCUT2D eigenvalue weighted by molar-refractivity contribution is -0.138. The normalized spacial score (nSPS) is 22.8. The lowest BCUT2D eigenvalue weighted by atomic mass is 9.63. The molecule has 0 radical (unpaired) electrons. The molecule has 3 aromatic heterocycles. The summed E-state index contributed by atoms with van der Waals surface area (Å²) < 4.78 is 78.8. The number of rotatable bonds is 3. The van der Waals surface area contributed by atoms with Crippen molar-refractivity contribution >= 4 is 11.5 Å². The van der Waals surface area contributed by atoms with E-state index in [1.54, 1.807) is 4.90 Å². The van der Waals surface area contributed by atoms with Gasteiger partial charge in [0.15, 0.2) is 5.60 Å². The van der Waals surface area contributed by atoms with Crippen molar-refractivity contribution in [1.29, 1.82) is 0 Å². The lowest BCUT2D eigenvalue weighted by Crippen LogP contribution is -2.44. The molecule has 3 aliphatic rings. The smallest absolute Gasteiger partial charge is 0.365 e. The first-order chi connectivity index (χ1) is 19.9. The number of alkyl halides is 3. The van der Waals surface area contributed by atoms with Crippen LogP contribution in [0.4, 0.5) is 27.9 Å². The minimum absolute atomic E-state index is 0.0987. The zero-order chi connectivity index (χ0) is 29.8. The zero-order valence-corrected chi connectivity index (χ0v) is 23.2. The average Bonchev–Trinajstić information content (AvgIpc) is 3.57. The van der Waals surface area contributed by atoms with Gasteiger partial charge in [0, 0.05) is 55.7 Å². The Morgan fingerprint density at radius 1 is 1.12 bits per heavy atom. The molecule has 1 aliphatic carbocycles. The van der Waals surface area contributed by atoms with E-state index in [0.717, 1.165) is 34.9 Å². The second-order valence-corrected chi connectivity index (χ2v) is 11.1. The summed E-state index contributed by atoms with van der Waals surface area (Å²) in [4.78, 5) is 16.6. The first kappa shape index (κ1) is 26.7. The highest BCUT2D eigenvalue weighted by molar-refractivity contribution is 5.90. The number of H-pyrrole nitrogens is 1. The number of aromatic nitrogens is 6. The average molecular weight is 584 g/mol. The van der Waals surface area contributed by atoms with E-state index in [-0.39, 0.29) is 18.2 Å². The van der Waals surface area contributed by atoms with E-state index in [2.05, 4.69) is 19.9 Å². The number of fused-ring (bicyclic) bond motifs is 10. The number of para-hydroxylation sites is 1. The monoisotopic (exact) mass is 583 g/mol.